The number of hydroxylamine groups is 1. The van der Waals surface area contributed by atoms with Crippen molar-refractivity contribution in [3.8, 4) is 5.75 Å². The third-order valence-corrected chi connectivity index (χ3v) is 5.61. The van der Waals surface area contributed by atoms with Crippen LogP contribution in [0.5, 0.6) is 5.75 Å². The summed E-state index contributed by atoms with van der Waals surface area (Å²) in [7, 11) is 0. The van der Waals surface area contributed by atoms with E-state index in [0.717, 1.165) is 40.5 Å². The smallest absolute Gasteiger partial charge is 0.265 e. The van der Waals surface area contributed by atoms with Crippen molar-refractivity contribution in [1.82, 2.24) is 4.98 Å². The molecule has 0 aliphatic heterocycles. The number of thiazole rings is 1. The first-order chi connectivity index (χ1) is 12.9. The van der Waals surface area contributed by atoms with Crippen LogP contribution in [0.15, 0.2) is 41.2 Å². The van der Waals surface area contributed by atoms with Crippen LogP contribution in [0.1, 0.15) is 18.9 Å². The quantitative estimate of drug-likeness (QED) is 0.451. The molecule has 4 nitrogen and oxygen atoms in total. The van der Waals surface area contributed by atoms with E-state index in [1.54, 1.807) is 18.3 Å². The molecule has 3 aromatic rings. The maximum Gasteiger partial charge on any atom is 0.265 e. The molecular weight excluding hydrogens is 414 g/mol. The molecule has 1 atom stereocenters. The van der Waals surface area contributed by atoms with E-state index in [1.165, 1.54) is 6.20 Å². The molecule has 0 saturated carbocycles. The summed E-state index contributed by atoms with van der Waals surface area (Å²) in [4.78, 5) is 22.4. The summed E-state index contributed by atoms with van der Waals surface area (Å²) in [5, 5.41) is 5.10. The van der Waals surface area contributed by atoms with Crippen LogP contribution in [0, 0.1) is 17.6 Å². The van der Waals surface area contributed by atoms with E-state index >= 15 is 0 Å². The molecule has 0 radical (unpaired) electrons. The fourth-order valence-electron chi connectivity index (χ4n) is 2.31. The lowest BCUT2D eigenvalue weighted by Gasteiger charge is -2.23. The third-order valence-electron chi connectivity index (χ3n) is 3.79. The first-order valence-electron chi connectivity index (χ1n) is 8.03. The number of rotatable bonds is 7. The summed E-state index contributed by atoms with van der Waals surface area (Å²) in [5.74, 6) is -2.72. The minimum Gasteiger partial charge on any atom is -0.366 e. The molecule has 0 bridgehead atoms. The van der Waals surface area contributed by atoms with Crippen LogP contribution in [-0.4, -0.2) is 10.9 Å². The Bertz CT molecular complexity index is 918. The number of benzene rings is 1. The van der Waals surface area contributed by atoms with Crippen molar-refractivity contribution < 1.29 is 18.4 Å². The maximum absolute atomic E-state index is 14.0. The van der Waals surface area contributed by atoms with Gasteiger partial charge >= 0.3 is 0 Å². The minimum absolute atomic E-state index is 0.177. The Kier molecular flexibility index (Phi) is 6.41. The molecule has 2 aromatic heterocycles. The van der Waals surface area contributed by atoms with E-state index in [4.69, 9.17) is 16.4 Å². The zero-order chi connectivity index (χ0) is 19.4. The highest BCUT2D eigenvalue weighted by atomic mass is 35.5. The monoisotopic (exact) mass is 428 g/mol. The summed E-state index contributed by atoms with van der Waals surface area (Å²) < 4.78 is 27.5. The van der Waals surface area contributed by atoms with Gasteiger partial charge in [0.05, 0.1) is 6.20 Å². The molecule has 1 aromatic carbocycles. The van der Waals surface area contributed by atoms with Crippen molar-refractivity contribution in [3.05, 3.63) is 62.8 Å². The first kappa shape index (κ1) is 19.7. The molecule has 0 aliphatic carbocycles. The van der Waals surface area contributed by atoms with Crippen molar-refractivity contribution in [1.29, 1.82) is 0 Å². The normalized spacial score (nSPS) is 12.0. The fourth-order valence-corrected chi connectivity index (χ4v) is 3.86. The van der Waals surface area contributed by atoms with Gasteiger partial charge in [0.15, 0.2) is 11.6 Å². The summed E-state index contributed by atoms with van der Waals surface area (Å²) >= 11 is 8.53. The number of amides is 1. The van der Waals surface area contributed by atoms with Crippen LogP contribution in [0.25, 0.3) is 0 Å². The molecule has 3 rings (SSSR count). The lowest BCUT2D eigenvalue weighted by molar-refractivity contribution is -0.126. The van der Waals surface area contributed by atoms with Crippen molar-refractivity contribution in [3.63, 3.8) is 0 Å². The number of aryl methyl sites for hydroxylation is 1. The van der Waals surface area contributed by atoms with Gasteiger partial charge in [-0.2, -0.15) is 11.3 Å². The number of aromatic nitrogens is 1. The second-order valence-electron chi connectivity index (χ2n) is 5.82. The lowest BCUT2D eigenvalue weighted by Crippen LogP contribution is -2.38. The van der Waals surface area contributed by atoms with E-state index in [-0.39, 0.29) is 16.8 Å². The average molecular weight is 429 g/mol. The van der Waals surface area contributed by atoms with Gasteiger partial charge in [-0.25, -0.2) is 13.8 Å². The van der Waals surface area contributed by atoms with Crippen LogP contribution in [-0.2, 0) is 11.2 Å². The molecule has 0 saturated heterocycles. The second-order valence-corrected chi connectivity index (χ2v) is 8.24. The second kappa shape index (κ2) is 8.77. The van der Waals surface area contributed by atoms with Crippen LogP contribution < -0.4 is 9.90 Å². The van der Waals surface area contributed by atoms with Gasteiger partial charge in [0, 0.05) is 12.0 Å². The number of carbonyl (C=O) groups is 1. The standard InChI is InChI=1S/C18H15ClF2N2O2S2/c1-11(2-3-12-6-7-26-10-12)17(24)23(18-22-9-16(19)27-18)25-15-5-4-13(20)8-14(15)21/h4-11H,2-3H2,1H3. The number of halogens is 3. The molecule has 9 heteroatoms. The Hall–Kier alpha value is -2.03. The Morgan fingerprint density at radius 1 is 1.37 bits per heavy atom. The summed E-state index contributed by atoms with van der Waals surface area (Å²) in [5.41, 5.74) is 1.15. The molecule has 2 heterocycles. The fraction of sp³-hybridized carbons (Fsp3) is 0.222. The zero-order valence-electron chi connectivity index (χ0n) is 14.2. The Balaban J connectivity index is 1.79. The maximum atomic E-state index is 14.0. The van der Waals surface area contributed by atoms with Crippen molar-refractivity contribution >= 4 is 45.3 Å². The van der Waals surface area contributed by atoms with E-state index < -0.39 is 17.6 Å². The highest BCUT2D eigenvalue weighted by molar-refractivity contribution is 7.19. The van der Waals surface area contributed by atoms with E-state index in [2.05, 4.69) is 4.98 Å². The number of hydrogen-bond donors (Lipinski definition) is 0. The van der Waals surface area contributed by atoms with Gasteiger partial charge in [0.1, 0.15) is 10.2 Å². The van der Waals surface area contributed by atoms with Crippen LogP contribution >= 0.6 is 34.3 Å². The van der Waals surface area contributed by atoms with E-state index in [1.807, 2.05) is 16.8 Å². The number of carbonyl (C=O) groups excluding carboxylic acids is 1. The van der Waals surface area contributed by atoms with E-state index in [9.17, 15) is 13.6 Å². The van der Waals surface area contributed by atoms with Crippen LogP contribution in [0.3, 0.4) is 0 Å². The average Bonchev–Trinajstić information content (AvgIpc) is 3.30. The topological polar surface area (TPSA) is 42.4 Å². The summed E-state index contributed by atoms with van der Waals surface area (Å²) in [6.45, 7) is 1.77. The lowest BCUT2D eigenvalue weighted by atomic mass is 10.0. The summed E-state index contributed by atoms with van der Waals surface area (Å²) in [6, 6.07) is 4.86. The van der Waals surface area contributed by atoms with Gasteiger partial charge in [-0.05, 0) is 47.4 Å². The highest BCUT2D eigenvalue weighted by Crippen LogP contribution is 2.30. The molecular formula is C18H15ClF2N2O2S2. The van der Waals surface area contributed by atoms with Crippen molar-refractivity contribution in [2.75, 3.05) is 5.06 Å². The van der Waals surface area contributed by atoms with Gasteiger partial charge in [0.2, 0.25) is 5.13 Å². The predicted octanol–water partition coefficient (Wildman–Crippen LogP) is 5.73. The van der Waals surface area contributed by atoms with Gasteiger partial charge in [0.25, 0.3) is 5.91 Å². The van der Waals surface area contributed by atoms with Crippen LogP contribution in [0.4, 0.5) is 13.9 Å². The Morgan fingerprint density at radius 2 is 2.19 bits per heavy atom. The SMILES string of the molecule is CC(CCc1ccsc1)C(=O)N(Oc1ccc(F)cc1F)c1ncc(Cl)s1. The third kappa shape index (κ3) is 5.03. The first-order valence-corrected chi connectivity index (χ1v) is 10.2. The molecule has 0 aliphatic rings. The molecule has 27 heavy (non-hydrogen) atoms. The van der Waals surface area contributed by atoms with Crippen molar-refractivity contribution in [2.45, 2.75) is 19.8 Å². The van der Waals surface area contributed by atoms with Gasteiger partial charge in [-0.15, -0.1) is 5.06 Å². The van der Waals surface area contributed by atoms with Gasteiger partial charge < -0.3 is 4.84 Å². The molecule has 142 valence electrons. The largest absolute Gasteiger partial charge is 0.366 e. The molecule has 0 spiro atoms. The number of hydrogen-bond acceptors (Lipinski definition) is 5. The zero-order valence-corrected chi connectivity index (χ0v) is 16.6. The predicted molar refractivity (Wildman–Crippen MR) is 103 cm³/mol. The highest BCUT2D eigenvalue weighted by Gasteiger charge is 2.27. The number of anilines is 1. The number of nitrogens with zero attached hydrogens (tertiary/aromatic N) is 2. The van der Waals surface area contributed by atoms with Crippen molar-refractivity contribution in [2.24, 2.45) is 5.92 Å². The molecule has 0 N–H and O–H groups in total. The Morgan fingerprint density at radius 3 is 2.81 bits per heavy atom. The Labute approximate surface area is 167 Å². The molecule has 0 fully saturated rings. The number of thiophene rings is 1. The van der Waals surface area contributed by atoms with Gasteiger partial charge in [-0.1, -0.05) is 29.9 Å². The van der Waals surface area contributed by atoms with Crippen LogP contribution in [0.2, 0.25) is 4.34 Å². The van der Waals surface area contributed by atoms with E-state index in [0.29, 0.717) is 16.8 Å². The molecule has 1 amide bonds. The molecule has 1 unspecified atom stereocenters. The minimum atomic E-state index is -0.915. The summed E-state index contributed by atoms with van der Waals surface area (Å²) in [6.07, 6.45) is 2.69. The van der Waals surface area contributed by atoms with Gasteiger partial charge in [-0.3, -0.25) is 4.79 Å².